The summed E-state index contributed by atoms with van der Waals surface area (Å²) in [7, 11) is -3.72. The summed E-state index contributed by atoms with van der Waals surface area (Å²) in [5.41, 5.74) is -2.27. The number of likely N-dealkylation sites (tertiary alicyclic amines) is 1. The lowest BCUT2D eigenvalue weighted by molar-refractivity contribution is -0.141. The summed E-state index contributed by atoms with van der Waals surface area (Å²) in [4.78, 5) is 54.6. The van der Waals surface area contributed by atoms with Crippen LogP contribution in [0, 0.1) is 11.3 Å². The molecule has 0 aromatic carbocycles. The third kappa shape index (κ3) is 11.1. The Morgan fingerprint density at radius 1 is 0.894 bits per heavy atom. The van der Waals surface area contributed by atoms with Crippen LogP contribution in [0.15, 0.2) is 0 Å². The highest BCUT2D eigenvalue weighted by Gasteiger charge is 2.45. The molecule has 2 unspecified atom stereocenters. The van der Waals surface area contributed by atoms with Crippen LogP contribution in [0.1, 0.15) is 119 Å². The van der Waals surface area contributed by atoms with E-state index in [2.05, 4.69) is 26.0 Å². The summed E-state index contributed by atoms with van der Waals surface area (Å²) < 4.78 is 28.9. The molecular formula is C33H58N6O7S. The Morgan fingerprint density at radius 2 is 1.53 bits per heavy atom. The minimum Gasteiger partial charge on any atom is -0.376 e. The number of carbonyl (C=O) groups is 4. The molecule has 0 radical (unpaired) electrons. The third-order valence-electron chi connectivity index (χ3n) is 9.61. The number of hydrogen-bond donors (Lipinski definition) is 6. The van der Waals surface area contributed by atoms with Crippen LogP contribution in [0.5, 0.6) is 0 Å². The number of nitrogens with one attached hydrogen (secondary N) is 5. The smallest absolute Gasteiger partial charge is 0.315 e. The molecule has 3 saturated carbocycles. The van der Waals surface area contributed by atoms with Crippen molar-refractivity contribution in [3.05, 3.63) is 0 Å². The molecule has 4 amide bonds. The molecule has 1 heterocycles. The Bertz CT molecular complexity index is 1260. The van der Waals surface area contributed by atoms with Gasteiger partial charge in [0, 0.05) is 18.1 Å². The predicted octanol–water partition coefficient (Wildman–Crippen LogP) is 2.04. The maximum atomic E-state index is 13.7. The lowest BCUT2D eigenvalue weighted by Crippen LogP contribution is -2.65. The molecule has 13 nitrogen and oxygen atoms in total. The largest absolute Gasteiger partial charge is 0.376 e. The van der Waals surface area contributed by atoms with Crippen molar-refractivity contribution < 1.29 is 32.7 Å². The van der Waals surface area contributed by atoms with Crippen molar-refractivity contribution in [1.82, 2.24) is 30.9 Å². The second kappa shape index (κ2) is 14.7. The Labute approximate surface area is 280 Å². The van der Waals surface area contributed by atoms with Crippen molar-refractivity contribution in [2.45, 2.75) is 160 Å². The number of Topliss-reactive ketones (excluding diaryl/α,β-unsaturated/α-hetero) is 1. The zero-order valence-corrected chi connectivity index (χ0v) is 29.9. The average Bonchev–Trinajstić information content (AvgIpc) is 3.87. The molecular weight excluding hydrogens is 624 g/mol. The van der Waals surface area contributed by atoms with E-state index < -0.39 is 74.5 Å². The van der Waals surface area contributed by atoms with Crippen molar-refractivity contribution in [3.8, 4) is 0 Å². The molecule has 14 heteroatoms. The van der Waals surface area contributed by atoms with Gasteiger partial charge in [0.05, 0.1) is 29.4 Å². The van der Waals surface area contributed by atoms with Crippen LogP contribution in [0.25, 0.3) is 0 Å². The van der Waals surface area contributed by atoms with E-state index in [-0.39, 0.29) is 11.8 Å². The summed E-state index contributed by atoms with van der Waals surface area (Å²) in [6, 6.07) is -3.05. The molecule has 4 rings (SSSR count). The van der Waals surface area contributed by atoms with Gasteiger partial charge in [-0.2, -0.15) is 0 Å². The fourth-order valence-electron chi connectivity index (χ4n) is 6.96. The zero-order chi connectivity index (χ0) is 34.8. The van der Waals surface area contributed by atoms with Crippen molar-refractivity contribution in [3.63, 3.8) is 0 Å². The number of ketones is 1. The van der Waals surface area contributed by atoms with E-state index in [0.29, 0.717) is 44.6 Å². The minimum absolute atomic E-state index is 0.0285. The molecule has 4 aliphatic rings. The van der Waals surface area contributed by atoms with Gasteiger partial charge < -0.3 is 26.4 Å². The SMILES string of the molecule is CC(C)(C)NS(=O)(=O)CC1(NC(=O)N[C@H](C(O)N2CCC[C@H]2C(=O)NC(CC2CC2)C(=O)C(=O)NC2CC2)C(C)(C)C)CCCCC1. The highest BCUT2D eigenvalue weighted by Crippen LogP contribution is 2.35. The number of sulfonamides is 1. The van der Waals surface area contributed by atoms with E-state index in [0.717, 1.165) is 44.9 Å². The molecule has 0 aromatic rings. The molecule has 0 spiro atoms. The van der Waals surface area contributed by atoms with E-state index in [1.54, 1.807) is 25.7 Å². The lowest BCUT2D eigenvalue weighted by Gasteiger charge is -2.43. The van der Waals surface area contributed by atoms with Crippen LogP contribution in [0.4, 0.5) is 4.79 Å². The van der Waals surface area contributed by atoms with E-state index >= 15 is 0 Å². The van der Waals surface area contributed by atoms with Crippen LogP contribution >= 0.6 is 0 Å². The summed E-state index contributed by atoms with van der Waals surface area (Å²) in [6.07, 6.45) is 7.42. The number of hydrogen-bond acceptors (Lipinski definition) is 8. The van der Waals surface area contributed by atoms with Crippen LogP contribution in [-0.2, 0) is 24.4 Å². The molecule has 268 valence electrons. The molecule has 1 saturated heterocycles. The second-order valence-corrected chi connectivity index (χ2v) is 18.3. The number of rotatable bonds is 14. The van der Waals surface area contributed by atoms with Gasteiger partial charge >= 0.3 is 6.03 Å². The van der Waals surface area contributed by atoms with Crippen molar-refractivity contribution in [1.29, 1.82) is 0 Å². The van der Waals surface area contributed by atoms with Gasteiger partial charge in [-0.1, -0.05) is 52.9 Å². The number of aliphatic hydroxyl groups excluding tert-OH is 1. The topological polar surface area (TPSA) is 186 Å². The van der Waals surface area contributed by atoms with Gasteiger partial charge in [0.1, 0.15) is 6.23 Å². The first kappa shape index (κ1) is 37.5. The lowest BCUT2D eigenvalue weighted by atomic mass is 9.83. The van der Waals surface area contributed by atoms with Crippen molar-refractivity contribution in [2.75, 3.05) is 12.3 Å². The fraction of sp³-hybridized carbons (Fsp3) is 0.879. The Balaban J connectivity index is 1.45. The summed E-state index contributed by atoms with van der Waals surface area (Å²) in [5, 5.41) is 23.3. The van der Waals surface area contributed by atoms with E-state index in [1.807, 2.05) is 20.8 Å². The van der Waals surface area contributed by atoms with Gasteiger partial charge in [0.25, 0.3) is 5.91 Å². The first-order chi connectivity index (χ1) is 21.8. The highest BCUT2D eigenvalue weighted by atomic mass is 32.2. The van der Waals surface area contributed by atoms with Crippen LogP contribution < -0.4 is 26.0 Å². The number of amides is 4. The third-order valence-corrected chi connectivity index (χ3v) is 11.5. The summed E-state index contributed by atoms with van der Waals surface area (Å²) in [6.45, 7) is 11.4. The quantitative estimate of drug-likeness (QED) is 0.150. The van der Waals surface area contributed by atoms with E-state index in [9.17, 15) is 32.7 Å². The Hall–Kier alpha value is -2.29. The molecule has 6 N–H and O–H groups in total. The van der Waals surface area contributed by atoms with E-state index in [1.165, 1.54) is 0 Å². The van der Waals surface area contributed by atoms with Crippen LogP contribution in [0.2, 0.25) is 0 Å². The van der Waals surface area contributed by atoms with Gasteiger partial charge in [0.15, 0.2) is 0 Å². The molecule has 0 aromatic heterocycles. The van der Waals surface area contributed by atoms with Gasteiger partial charge in [-0.25, -0.2) is 17.9 Å². The number of nitrogens with zero attached hydrogens (tertiary/aromatic N) is 1. The van der Waals surface area contributed by atoms with Gasteiger partial charge in [-0.3, -0.25) is 19.3 Å². The van der Waals surface area contributed by atoms with Crippen molar-refractivity contribution in [2.24, 2.45) is 11.3 Å². The number of aliphatic hydroxyl groups is 1. The fourth-order valence-corrected chi connectivity index (χ4v) is 9.06. The molecule has 47 heavy (non-hydrogen) atoms. The zero-order valence-electron chi connectivity index (χ0n) is 29.1. The average molecular weight is 683 g/mol. The first-order valence-corrected chi connectivity index (χ1v) is 19.1. The van der Waals surface area contributed by atoms with Crippen LogP contribution in [0.3, 0.4) is 0 Å². The normalized spacial score (nSPS) is 24.1. The van der Waals surface area contributed by atoms with Crippen LogP contribution in [-0.4, -0.2) is 95.8 Å². The van der Waals surface area contributed by atoms with Gasteiger partial charge in [-0.15, -0.1) is 0 Å². The number of carbonyl (C=O) groups excluding carboxylic acids is 4. The van der Waals surface area contributed by atoms with Gasteiger partial charge in [0.2, 0.25) is 21.7 Å². The summed E-state index contributed by atoms with van der Waals surface area (Å²) >= 11 is 0. The minimum atomic E-state index is -3.72. The number of urea groups is 1. The molecule has 4 fully saturated rings. The predicted molar refractivity (Wildman–Crippen MR) is 179 cm³/mol. The van der Waals surface area contributed by atoms with Crippen molar-refractivity contribution >= 4 is 33.7 Å². The summed E-state index contributed by atoms with van der Waals surface area (Å²) in [5.74, 6) is -1.68. The standard InChI is InChI=1S/C33H58N6O7S/c1-31(2,3)26(36-30(44)37-33(16-8-7-9-17-33)20-47(45,46)38-32(4,5)6)29(43)39-18-10-11-24(39)27(41)35-23(19-21-12-13-21)25(40)28(42)34-22-14-15-22/h21-24,26,29,38,43H,7-20H2,1-6H3,(H,34,42)(H,35,41)(H2,36,37,44)/t23?,24-,26+,29?/m0/s1. The molecule has 1 aliphatic heterocycles. The Morgan fingerprint density at radius 3 is 2.09 bits per heavy atom. The molecule has 4 atom stereocenters. The molecule has 3 aliphatic carbocycles. The maximum absolute atomic E-state index is 13.7. The highest BCUT2D eigenvalue weighted by molar-refractivity contribution is 7.89. The first-order valence-electron chi connectivity index (χ1n) is 17.5. The Kier molecular flexibility index (Phi) is 11.7. The van der Waals surface area contributed by atoms with E-state index in [4.69, 9.17) is 0 Å². The second-order valence-electron chi connectivity index (χ2n) is 16.6. The monoisotopic (exact) mass is 682 g/mol. The van der Waals surface area contributed by atoms with Gasteiger partial charge in [-0.05, 0) is 77.0 Å². The maximum Gasteiger partial charge on any atom is 0.315 e. The molecule has 0 bridgehead atoms.